The van der Waals surface area contributed by atoms with Crippen molar-refractivity contribution in [3.8, 4) is 0 Å². The number of ether oxygens (including phenoxy) is 2. The molecule has 1 N–H and O–H groups in total. The van der Waals surface area contributed by atoms with Crippen molar-refractivity contribution >= 4 is 21.6 Å². The van der Waals surface area contributed by atoms with Crippen LogP contribution in [0.1, 0.15) is 0 Å². The third-order valence-electron chi connectivity index (χ3n) is 2.76. The van der Waals surface area contributed by atoms with Gasteiger partial charge in [0.25, 0.3) is 5.91 Å². The maximum absolute atomic E-state index is 11.9. The number of hydrogen-bond acceptors (Lipinski definition) is 5. The molecule has 2 rings (SSSR count). The van der Waals surface area contributed by atoms with Crippen LogP contribution in [0, 0.1) is 0 Å². The second-order valence-corrected chi connectivity index (χ2v) is 6.62. The molecule has 114 valence electrons. The number of amides is 1. The molecule has 0 aliphatic carbocycles. The first-order valence-electron chi connectivity index (χ1n) is 6.20. The average Bonchev–Trinajstić information content (AvgIpc) is 2.48. The lowest BCUT2D eigenvalue weighted by Crippen LogP contribution is -2.22. The fraction of sp³-hybridized carbons (Fsp3) is 0.308. The molecular weight excluding hydrogens is 296 g/mol. The number of nitrogens with zero attached hydrogens (tertiary/aromatic N) is 1. The molecule has 1 aliphatic rings. The Balaban J connectivity index is 2.09. The van der Waals surface area contributed by atoms with Gasteiger partial charge in [0, 0.05) is 19.8 Å². The van der Waals surface area contributed by atoms with Gasteiger partial charge in [0.1, 0.15) is 19.5 Å². The van der Waals surface area contributed by atoms with E-state index >= 15 is 0 Å². The van der Waals surface area contributed by atoms with Gasteiger partial charge in [0.2, 0.25) is 15.8 Å². The predicted molar refractivity (Wildman–Crippen MR) is 75.9 cm³/mol. The fourth-order valence-corrected chi connectivity index (χ4v) is 2.50. The van der Waals surface area contributed by atoms with Gasteiger partial charge in [0.05, 0.1) is 4.90 Å². The monoisotopic (exact) mass is 312 g/mol. The Bertz CT molecular complexity index is 650. The molecule has 1 aromatic carbocycles. The smallest absolute Gasteiger partial charge is 0.294 e. The van der Waals surface area contributed by atoms with E-state index in [9.17, 15) is 13.2 Å². The minimum absolute atomic E-state index is 0.0891. The molecule has 0 saturated carbocycles. The molecule has 0 aromatic heterocycles. The molecule has 0 atom stereocenters. The van der Waals surface area contributed by atoms with Gasteiger partial charge < -0.3 is 14.8 Å². The van der Waals surface area contributed by atoms with E-state index < -0.39 is 15.9 Å². The van der Waals surface area contributed by atoms with Crippen LogP contribution in [0.4, 0.5) is 5.69 Å². The average molecular weight is 312 g/mol. The Morgan fingerprint density at radius 1 is 1.19 bits per heavy atom. The highest BCUT2D eigenvalue weighted by Gasteiger charge is 2.18. The summed E-state index contributed by atoms with van der Waals surface area (Å²) in [7, 11) is -0.566. The second-order valence-electron chi connectivity index (χ2n) is 4.47. The van der Waals surface area contributed by atoms with Gasteiger partial charge in [-0.05, 0) is 24.3 Å². The molecule has 8 heteroatoms. The zero-order valence-electron chi connectivity index (χ0n) is 11.7. The molecule has 0 bridgehead atoms. The molecule has 1 aromatic rings. The summed E-state index contributed by atoms with van der Waals surface area (Å²) in [5.41, 5.74) is 0.466. The van der Waals surface area contributed by atoms with Crippen molar-refractivity contribution in [2.45, 2.75) is 4.90 Å². The van der Waals surface area contributed by atoms with Crippen molar-refractivity contribution in [3.05, 3.63) is 36.3 Å². The largest absolute Gasteiger partial charge is 0.494 e. The van der Waals surface area contributed by atoms with Gasteiger partial charge in [-0.1, -0.05) is 0 Å². The third kappa shape index (κ3) is 3.53. The first-order valence-corrected chi connectivity index (χ1v) is 7.64. The summed E-state index contributed by atoms with van der Waals surface area (Å²) >= 11 is 0. The van der Waals surface area contributed by atoms with E-state index in [2.05, 4.69) is 5.32 Å². The highest BCUT2D eigenvalue weighted by molar-refractivity contribution is 7.89. The van der Waals surface area contributed by atoms with E-state index in [0.717, 1.165) is 4.31 Å². The molecule has 1 heterocycles. The summed E-state index contributed by atoms with van der Waals surface area (Å²) in [4.78, 5) is 12.0. The van der Waals surface area contributed by atoms with Crippen LogP contribution in [0.5, 0.6) is 0 Å². The van der Waals surface area contributed by atoms with Crippen LogP contribution in [-0.4, -0.2) is 45.9 Å². The van der Waals surface area contributed by atoms with Gasteiger partial charge in [-0.2, -0.15) is 0 Å². The second kappa shape index (κ2) is 6.15. The maximum Gasteiger partial charge on any atom is 0.294 e. The minimum Gasteiger partial charge on any atom is -0.494 e. The number of carbonyl (C=O) groups excluding carboxylic acids is 1. The predicted octanol–water partition coefficient (Wildman–Crippen LogP) is 0.764. The number of anilines is 1. The van der Waals surface area contributed by atoms with Crippen LogP contribution < -0.4 is 5.32 Å². The van der Waals surface area contributed by atoms with Crippen molar-refractivity contribution in [3.63, 3.8) is 0 Å². The van der Waals surface area contributed by atoms with Crippen LogP contribution >= 0.6 is 0 Å². The number of hydrogen-bond donors (Lipinski definition) is 1. The van der Waals surface area contributed by atoms with E-state index in [-0.39, 0.29) is 10.7 Å². The Hall–Kier alpha value is -2.06. The van der Waals surface area contributed by atoms with Crippen LogP contribution in [0.3, 0.4) is 0 Å². The Morgan fingerprint density at radius 2 is 1.86 bits per heavy atom. The van der Waals surface area contributed by atoms with E-state index in [0.29, 0.717) is 18.9 Å². The molecule has 0 radical (unpaired) electrons. The molecule has 0 fully saturated rings. The van der Waals surface area contributed by atoms with Crippen LogP contribution in [-0.2, 0) is 24.3 Å². The van der Waals surface area contributed by atoms with Crippen molar-refractivity contribution in [1.82, 2.24) is 4.31 Å². The molecule has 0 spiro atoms. The molecule has 7 nitrogen and oxygen atoms in total. The third-order valence-corrected chi connectivity index (χ3v) is 4.59. The van der Waals surface area contributed by atoms with Crippen molar-refractivity contribution in [2.75, 3.05) is 32.6 Å². The zero-order chi connectivity index (χ0) is 15.5. The first kappa shape index (κ1) is 15.3. The number of sulfonamides is 1. The molecule has 1 aliphatic heterocycles. The Kier molecular flexibility index (Phi) is 4.49. The van der Waals surface area contributed by atoms with Gasteiger partial charge in [-0.15, -0.1) is 0 Å². The SMILES string of the molecule is CN(C)S(=O)(=O)c1ccc(NC(=O)C2=COCCO2)cc1. The normalized spacial score (nSPS) is 14.9. The highest BCUT2D eigenvalue weighted by atomic mass is 32.2. The van der Waals surface area contributed by atoms with Crippen molar-refractivity contribution in [1.29, 1.82) is 0 Å². The minimum atomic E-state index is -3.48. The van der Waals surface area contributed by atoms with E-state index in [4.69, 9.17) is 9.47 Å². The van der Waals surface area contributed by atoms with E-state index in [1.165, 1.54) is 44.6 Å². The summed E-state index contributed by atoms with van der Waals surface area (Å²) in [6, 6.07) is 5.88. The van der Waals surface area contributed by atoms with E-state index in [1.54, 1.807) is 0 Å². The van der Waals surface area contributed by atoms with Gasteiger partial charge in [-0.25, -0.2) is 12.7 Å². The summed E-state index contributed by atoms with van der Waals surface area (Å²) in [6.07, 6.45) is 1.25. The number of nitrogens with one attached hydrogen (secondary N) is 1. The molecule has 0 unspecified atom stereocenters. The van der Waals surface area contributed by atoms with Gasteiger partial charge in [-0.3, -0.25) is 4.79 Å². The number of benzene rings is 1. The lowest BCUT2D eigenvalue weighted by molar-refractivity contribution is -0.117. The lowest BCUT2D eigenvalue weighted by Gasteiger charge is -2.15. The molecule has 1 amide bonds. The summed E-state index contributed by atoms with van der Waals surface area (Å²) in [6.45, 7) is 0.729. The highest BCUT2D eigenvalue weighted by Crippen LogP contribution is 2.17. The topological polar surface area (TPSA) is 84.9 Å². The first-order chi connectivity index (χ1) is 9.91. The zero-order valence-corrected chi connectivity index (χ0v) is 12.5. The lowest BCUT2D eigenvalue weighted by atomic mass is 10.3. The van der Waals surface area contributed by atoms with Crippen molar-refractivity contribution in [2.24, 2.45) is 0 Å². The summed E-state index contributed by atoms with van der Waals surface area (Å²) < 4.78 is 35.1. The van der Waals surface area contributed by atoms with Crippen LogP contribution in [0.25, 0.3) is 0 Å². The summed E-state index contributed by atoms with van der Waals surface area (Å²) in [5, 5.41) is 2.60. The molecule has 0 saturated heterocycles. The fourth-order valence-electron chi connectivity index (χ4n) is 1.60. The molecule has 21 heavy (non-hydrogen) atoms. The number of rotatable bonds is 4. The quantitative estimate of drug-likeness (QED) is 0.887. The van der Waals surface area contributed by atoms with Crippen LogP contribution in [0.15, 0.2) is 41.2 Å². The summed E-state index contributed by atoms with van der Waals surface area (Å²) in [5.74, 6) is -0.357. The maximum atomic E-state index is 11.9. The Morgan fingerprint density at radius 3 is 2.38 bits per heavy atom. The van der Waals surface area contributed by atoms with Crippen LogP contribution in [0.2, 0.25) is 0 Å². The Labute approximate surface area is 123 Å². The standard InChI is InChI=1S/C13H16N2O5S/c1-15(2)21(17,18)11-5-3-10(4-6-11)14-13(16)12-9-19-7-8-20-12/h3-6,9H,7-8H2,1-2H3,(H,14,16). The van der Waals surface area contributed by atoms with Crippen molar-refractivity contribution < 1.29 is 22.7 Å². The molecular formula is C13H16N2O5S. The van der Waals surface area contributed by atoms with Gasteiger partial charge in [0.15, 0.2) is 0 Å². The number of carbonyl (C=O) groups is 1. The van der Waals surface area contributed by atoms with E-state index in [1.807, 2.05) is 0 Å². The van der Waals surface area contributed by atoms with Gasteiger partial charge >= 0.3 is 0 Å².